The van der Waals surface area contributed by atoms with E-state index in [1.165, 1.54) is 0 Å². The van der Waals surface area contributed by atoms with Gasteiger partial charge in [0.25, 0.3) is 5.91 Å². The summed E-state index contributed by atoms with van der Waals surface area (Å²) in [6.07, 6.45) is -0.289. The van der Waals surface area contributed by atoms with E-state index in [9.17, 15) is 9.59 Å². The van der Waals surface area contributed by atoms with Crippen LogP contribution in [0.5, 0.6) is 11.5 Å². The van der Waals surface area contributed by atoms with Crippen LogP contribution < -0.4 is 14.8 Å². The van der Waals surface area contributed by atoms with Crippen molar-refractivity contribution in [3.05, 3.63) is 59.7 Å². The number of hydrogen-bond donors (Lipinski definition) is 1. The van der Waals surface area contributed by atoms with Crippen LogP contribution in [0.1, 0.15) is 35.7 Å². The van der Waals surface area contributed by atoms with Crippen molar-refractivity contribution in [1.29, 1.82) is 0 Å². The maximum atomic E-state index is 12.0. The van der Waals surface area contributed by atoms with Crippen LogP contribution in [-0.2, 0) is 9.53 Å². The minimum Gasteiger partial charge on any atom is -0.486 e. The van der Waals surface area contributed by atoms with Crippen LogP contribution in [0.25, 0.3) is 0 Å². The number of rotatable bonds is 6. The normalized spacial score (nSPS) is 15.3. The first kappa shape index (κ1) is 18.8. The first-order valence-corrected chi connectivity index (χ1v) is 8.95. The van der Waals surface area contributed by atoms with Crippen molar-refractivity contribution in [1.82, 2.24) is 5.32 Å². The molecule has 0 saturated heterocycles. The SMILES string of the molecule is CC(C)c1ccc(C(=O)OCC(=O)NCC2COc3ccccc3O2)cc1. The Hall–Kier alpha value is -3.02. The number of amides is 1. The van der Waals surface area contributed by atoms with Gasteiger partial charge in [-0.05, 0) is 35.7 Å². The molecule has 0 spiro atoms. The fourth-order valence-electron chi connectivity index (χ4n) is 2.66. The largest absolute Gasteiger partial charge is 0.486 e. The highest BCUT2D eigenvalue weighted by atomic mass is 16.6. The number of para-hydroxylation sites is 2. The van der Waals surface area contributed by atoms with Crippen LogP contribution in [0.4, 0.5) is 0 Å². The van der Waals surface area contributed by atoms with Crippen molar-refractivity contribution >= 4 is 11.9 Å². The first-order chi connectivity index (χ1) is 13.0. The van der Waals surface area contributed by atoms with Gasteiger partial charge in [0.2, 0.25) is 0 Å². The van der Waals surface area contributed by atoms with E-state index >= 15 is 0 Å². The fraction of sp³-hybridized carbons (Fsp3) is 0.333. The van der Waals surface area contributed by atoms with E-state index in [2.05, 4.69) is 19.2 Å². The summed E-state index contributed by atoms with van der Waals surface area (Å²) in [5.41, 5.74) is 1.56. The molecule has 0 bridgehead atoms. The van der Waals surface area contributed by atoms with Crippen LogP contribution >= 0.6 is 0 Å². The molecule has 1 atom stereocenters. The quantitative estimate of drug-likeness (QED) is 0.793. The van der Waals surface area contributed by atoms with Crippen LogP contribution in [0, 0.1) is 0 Å². The minimum atomic E-state index is -0.522. The average molecular weight is 369 g/mol. The van der Waals surface area contributed by atoms with E-state index in [-0.39, 0.29) is 25.2 Å². The molecule has 2 aromatic rings. The van der Waals surface area contributed by atoms with Gasteiger partial charge >= 0.3 is 5.97 Å². The van der Waals surface area contributed by atoms with Crippen molar-refractivity contribution < 1.29 is 23.8 Å². The summed E-state index contributed by atoms with van der Waals surface area (Å²) in [4.78, 5) is 24.0. The van der Waals surface area contributed by atoms with Crippen molar-refractivity contribution in [3.63, 3.8) is 0 Å². The fourth-order valence-corrected chi connectivity index (χ4v) is 2.66. The molecule has 0 saturated carbocycles. The zero-order chi connectivity index (χ0) is 19.2. The van der Waals surface area contributed by atoms with Gasteiger partial charge in [-0.15, -0.1) is 0 Å². The monoisotopic (exact) mass is 369 g/mol. The molecule has 6 nitrogen and oxygen atoms in total. The first-order valence-electron chi connectivity index (χ1n) is 8.95. The van der Waals surface area contributed by atoms with E-state index in [0.717, 1.165) is 5.56 Å². The highest BCUT2D eigenvalue weighted by Crippen LogP contribution is 2.30. The molecular formula is C21H23NO5. The number of carbonyl (C=O) groups is 2. The van der Waals surface area contributed by atoms with E-state index in [1.54, 1.807) is 12.1 Å². The van der Waals surface area contributed by atoms with Crippen molar-refractivity contribution in [3.8, 4) is 11.5 Å². The van der Waals surface area contributed by atoms with Gasteiger partial charge in [0, 0.05) is 0 Å². The standard InChI is InChI=1S/C21H23NO5/c1-14(2)15-7-9-16(10-8-15)21(24)26-13-20(23)22-11-17-12-25-18-5-3-4-6-19(18)27-17/h3-10,14,17H,11-13H2,1-2H3,(H,22,23). The molecule has 1 heterocycles. The van der Waals surface area contributed by atoms with Gasteiger partial charge in [-0.2, -0.15) is 0 Å². The second-order valence-corrected chi connectivity index (χ2v) is 6.65. The maximum absolute atomic E-state index is 12.0. The second kappa shape index (κ2) is 8.58. The van der Waals surface area contributed by atoms with Gasteiger partial charge in [-0.1, -0.05) is 38.1 Å². The van der Waals surface area contributed by atoms with Crippen molar-refractivity contribution in [2.24, 2.45) is 0 Å². The molecule has 3 rings (SSSR count). The molecule has 1 aliphatic heterocycles. The summed E-state index contributed by atoms with van der Waals surface area (Å²) in [6.45, 7) is 4.44. The zero-order valence-corrected chi connectivity index (χ0v) is 15.4. The molecule has 2 aromatic carbocycles. The van der Waals surface area contributed by atoms with Gasteiger partial charge < -0.3 is 19.5 Å². The highest BCUT2D eigenvalue weighted by Gasteiger charge is 2.21. The van der Waals surface area contributed by atoms with Crippen LogP contribution in [0.2, 0.25) is 0 Å². The van der Waals surface area contributed by atoms with Crippen molar-refractivity contribution in [2.75, 3.05) is 19.8 Å². The highest BCUT2D eigenvalue weighted by molar-refractivity contribution is 5.91. The molecule has 6 heteroatoms. The Balaban J connectivity index is 1.41. The van der Waals surface area contributed by atoms with E-state index in [0.29, 0.717) is 29.6 Å². The van der Waals surface area contributed by atoms with Gasteiger partial charge in [-0.3, -0.25) is 4.79 Å². The summed E-state index contributed by atoms with van der Waals surface area (Å²) in [5.74, 6) is 0.826. The van der Waals surface area contributed by atoms with Crippen LogP contribution in [-0.4, -0.2) is 37.7 Å². The van der Waals surface area contributed by atoms with E-state index in [1.807, 2.05) is 36.4 Å². The molecule has 1 unspecified atom stereocenters. The third-order valence-electron chi connectivity index (χ3n) is 4.24. The number of ether oxygens (including phenoxy) is 3. The van der Waals surface area contributed by atoms with E-state index in [4.69, 9.17) is 14.2 Å². The molecule has 0 fully saturated rings. The van der Waals surface area contributed by atoms with Gasteiger partial charge in [0.15, 0.2) is 18.1 Å². The smallest absolute Gasteiger partial charge is 0.338 e. The third kappa shape index (κ3) is 5.00. The molecule has 27 heavy (non-hydrogen) atoms. The number of carbonyl (C=O) groups excluding carboxylic acids is 2. The van der Waals surface area contributed by atoms with Crippen LogP contribution in [0.15, 0.2) is 48.5 Å². The molecule has 1 N–H and O–H groups in total. The lowest BCUT2D eigenvalue weighted by Gasteiger charge is -2.26. The lowest BCUT2D eigenvalue weighted by Crippen LogP contribution is -2.42. The molecule has 0 radical (unpaired) electrons. The Labute approximate surface area is 158 Å². The van der Waals surface area contributed by atoms with Crippen molar-refractivity contribution in [2.45, 2.75) is 25.9 Å². The maximum Gasteiger partial charge on any atom is 0.338 e. The minimum absolute atomic E-state index is 0.272. The third-order valence-corrected chi connectivity index (χ3v) is 4.24. The number of nitrogens with one attached hydrogen (secondary N) is 1. The Kier molecular flexibility index (Phi) is 5.96. The number of benzene rings is 2. The summed E-state index contributed by atoms with van der Waals surface area (Å²) in [6, 6.07) is 14.6. The predicted molar refractivity (Wildman–Crippen MR) is 100 cm³/mol. The molecule has 1 aliphatic rings. The summed E-state index contributed by atoms with van der Waals surface area (Å²) in [7, 11) is 0. The molecule has 0 aromatic heterocycles. The summed E-state index contributed by atoms with van der Waals surface area (Å²) >= 11 is 0. The summed E-state index contributed by atoms with van der Waals surface area (Å²) < 4.78 is 16.4. The lowest BCUT2D eigenvalue weighted by molar-refractivity contribution is -0.124. The second-order valence-electron chi connectivity index (χ2n) is 6.65. The molecule has 142 valence electrons. The average Bonchev–Trinajstić information content (AvgIpc) is 2.70. The number of hydrogen-bond acceptors (Lipinski definition) is 5. The van der Waals surface area contributed by atoms with Gasteiger partial charge in [0.05, 0.1) is 12.1 Å². The molecule has 1 amide bonds. The number of esters is 1. The predicted octanol–water partition coefficient (Wildman–Crippen LogP) is 2.92. The Bertz CT molecular complexity index is 800. The Morgan fingerprint density at radius 1 is 1.11 bits per heavy atom. The summed E-state index contributed by atoms with van der Waals surface area (Å²) in [5, 5.41) is 2.69. The molecular weight excluding hydrogens is 346 g/mol. The Morgan fingerprint density at radius 3 is 2.52 bits per heavy atom. The van der Waals surface area contributed by atoms with E-state index < -0.39 is 5.97 Å². The van der Waals surface area contributed by atoms with Gasteiger partial charge in [-0.25, -0.2) is 4.79 Å². The number of fused-ring (bicyclic) bond motifs is 1. The van der Waals surface area contributed by atoms with Crippen LogP contribution in [0.3, 0.4) is 0 Å². The Morgan fingerprint density at radius 2 is 1.81 bits per heavy atom. The zero-order valence-electron chi connectivity index (χ0n) is 15.4. The topological polar surface area (TPSA) is 73.9 Å². The molecule has 0 aliphatic carbocycles. The lowest BCUT2D eigenvalue weighted by atomic mass is 10.0. The van der Waals surface area contributed by atoms with Gasteiger partial charge in [0.1, 0.15) is 12.7 Å².